The predicted octanol–water partition coefficient (Wildman–Crippen LogP) is 4.06. The smallest absolute Gasteiger partial charge is 0.266 e. The zero-order chi connectivity index (χ0) is 21.5. The first-order chi connectivity index (χ1) is 14.5. The fourth-order valence-electron chi connectivity index (χ4n) is 2.85. The molecule has 0 fully saturated rings. The molecule has 2 aromatic carbocycles. The van der Waals surface area contributed by atoms with Crippen molar-refractivity contribution in [2.75, 3.05) is 18.9 Å². The molecule has 8 heteroatoms. The van der Waals surface area contributed by atoms with Gasteiger partial charge in [0.1, 0.15) is 0 Å². The summed E-state index contributed by atoms with van der Waals surface area (Å²) in [5.41, 5.74) is 1.01. The average molecular weight is 446 g/mol. The predicted molar refractivity (Wildman–Crippen MR) is 122 cm³/mol. The van der Waals surface area contributed by atoms with Gasteiger partial charge in [-0.3, -0.25) is 14.2 Å². The lowest BCUT2D eigenvalue weighted by molar-refractivity contribution is -0.118. The maximum Gasteiger partial charge on any atom is 0.266 e. The number of fused-ring (bicyclic) bond motifs is 1. The minimum absolute atomic E-state index is 0.121. The van der Waals surface area contributed by atoms with E-state index in [1.807, 2.05) is 19.9 Å². The van der Waals surface area contributed by atoms with Crippen molar-refractivity contribution >= 4 is 40.2 Å². The second kappa shape index (κ2) is 10.6. The second-order valence-corrected chi connectivity index (χ2v) is 8.32. The fourth-order valence-corrected chi connectivity index (χ4v) is 3.88. The number of ether oxygens (including phenoxy) is 1. The number of nitrogens with zero attached hydrogens (tertiary/aromatic N) is 2. The topological polar surface area (TPSA) is 73.2 Å². The van der Waals surface area contributed by atoms with Gasteiger partial charge in [-0.2, -0.15) is 0 Å². The molecule has 0 saturated carbocycles. The number of nitrogens with one attached hydrogen (secondary N) is 1. The zero-order valence-corrected chi connectivity index (χ0v) is 18.5. The summed E-state index contributed by atoms with van der Waals surface area (Å²) in [6.45, 7) is 5.10. The molecular weight excluding hydrogens is 422 g/mol. The standard InChI is InChI=1S/C22H24ClN3O3S/c1-15(2)29-12-6-11-24-20(27)14-30-22-25-19-10-4-3-9-18(19)21(28)26(22)17-8-5-7-16(23)13-17/h3-5,7-10,13,15H,6,11-12,14H2,1-2H3,(H,24,27). The van der Waals surface area contributed by atoms with Gasteiger partial charge in [0.05, 0.1) is 28.4 Å². The van der Waals surface area contributed by atoms with E-state index >= 15 is 0 Å². The molecule has 158 valence electrons. The van der Waals surface area contributed by atoms with Crippen LogP contribution in [0.4, 0.5) is 0 Å². The molecule has 1 amide bonds. The SMILES string of the molecule is CC(C)OCCCNC(=O)CSc1nc2ccccc2c(=O)n1-c1cccc(Cl)c1. The van der Waals surface area contributed by atoms with Crippen LogP contribution < -0.4 is 10.9 Å². The van der Waals surface area contributed by atoms with Crippen molar-refractivity contribution in [2.45, 2.75) is 31.5 Å². The highest BCUT2D eigenvalue weighted by atomic mass is 35.5. The maximum atomic E-state index is 13.2. The second-order valence-electron chi connectivity index (χ2n) is 6.94. The van der Waals surface area contributed by atoms with Crippen LogP contribution in [0.15, 0.2) is 58.5 Å². The van der Waals surface area contributed by atoms with Crippen molar-refractivity contribution in [1.82, 2.24) is 14.9 Å². The molecule has 1 N–H and O–H groups in total. The van der Waals surface area contributed by atoms with Gasteiger partial charge in [0, 0.05) is 18.2 Å². The summed E-state index contributed by atoms with van der Waals surface area (Å²) >= 11 is 7.35. The Morgan fingerprint density at radius 3 is 2.80 bits per heavy atom. The zero-order valence-electron chi connectivity index (χ0n) is 16.9. The number of carbonyl (C=O) groups excluding carboxylic acids is 1. The first-order valence-electron chi connectivity index (χ1n) is 9.74. The summed E-state index contributed by atoms with van der Waals surface area (Å²) in [6, 6.07) is 14.2. The van der Waals surface area contributed by atoms with Crippen molar-refractivity contribution in [1.29, 1.82) is 0 Å². The average Bonchev–Trinajstić information content (AvgIpc) is 2.72. The first-order valence-corrected chi connectivity index (χ1v) is 11.1. The third kappa shape index (κ3) is 5.84. The van der Waals surface area contributed by atoms with Gasteiger partial charge in [-0.25, -0.2) is 4.98 Å². The van der Waals surface area contributed by atoms with Crippen molar-refractivity contribution in [2.24, 2.45) is 0 Å². The molecular formula is C22H24ClN3O3S. The molecule has 0 aliphatic heterocycles. The highest BCUT2D eigenvalue weighted by molar-refractivity contribution is 7.99. The number of benzene rings is 2. The Bertz CT molecular complexity index is 1080. The van der Waals surface area contributed by atoms with E-state index in [0.29, 0.717) is 39.9 Å². The molecule has 0 aliphatic rings. The van der Waals surface area contributed by atoms with Gasteiger partial charge >= 0.3 is 0 Å². The van der Waals surface area contributed by atoms with Crippen molar-refractivity contribution in [3.8, 4) is 5.69 Å². The molecule has 0 atom stereocenters. The van der Waals surface area contributed by atoms with E-state index in [9.17, 15) is 9.59 Å². The van der Waals surface area contributed by atoms with Gasteiger partial charge in [-0.15, -0.1) is 0 Å². The molecule has 0 aliphatic carbocycles. The Balaban J connectivity index is 1.78. The van der Waals surface area contributed by atoms with Crippen LogP contribution in [0.2, 0.25) is 5.02 Å². The number of carbonyl (C=O) groups is 1. The fraction of sp³-hybridized carbons (Fsp3) is 0.318. The summed E-state index contributed by atoms with van der Waals surface area (Å²) in [4.78, 5) is 30.0. The number of hydrogen-bond donors (Lipinski definition) is 1. The van der Waals surface area contributed by atoms with Crippen LogP contribution in [0.1, 0.15) is 20.3 Å². The van der Waals surface area contributed by atoms with E-state index in [2.05, 4.69) is 10.3 Å². The lowest BCUT2D eigenvalue weighted by Crippen LogP contribution is -2.28. The molecule has 1 heterocycles. The van der Waals surface area contributed by atoms with Gasteiger partial charge in [-0.05, 0) is 50.6 Å². The number of rotatable bonds is 9. The number of thioether (sulfide) groups is 1. The molecule has 0 bridgehead atoms. The van der Waals surface area contributed by atoms with Crippen molar-refractivity contribution in [3.63, 3.8) is 0 Å². The van der Waals surface area contributed by atoms with E-state index in [1.54, 1.807) is 42.5 Å². The van der Waals surface area contributed by atoms with Crippen LogP contribution in [-0.2, 0) is 9.53 Å². The number of para-hydroxylation sites is 1. The Hall–Kier alpha value is -2.35. The summed E-state index contributed by atoms with van der Waals surface area (Å²) in [7, 11) is 0. The minimum Gasteiger partial charge on any atom is -0.379 e. The van der Waals surface area contributed by atoms with E-state index in [1.165, 1.54) is 16.3 Å². The molecule has 0 spiro atoms. The van der Waals surface area contributed by atoms with Crippen LogP contribution in [0.3, 0.4) is 0 Å². The Morgan fingerprint density at radius 2 is 2.03 bits per heavy atom. The largest absolute Gasteiger partial charge is 0.379 e. The van der Waals surface area contributed by atoms with Gasteiger partial charge < -0.3 is 10.1 Å². The highest BCUT2D eigenvalue weighted by Gasteiger charge is 2.15. The van der Waals surface area contributed by atoms with Crippen LogP contribution in [0, 0.1) is 0 Å². The molecule has 0 radical (unpaired) electrons. The summed E-state index contributed by atoms with van der Waals surface area (Å²) in [6.07, 6.45) is 0.925. The van der Waals surface area contributed by atoms with Gasteiger partial charge in [-0.1, -0.05) is 41.6 Å². The van der Waals surface area contributed by atoms with E-state index in [4.69, 9.17) is 16.3 Å². The van der Waals surface area contributed by atoms with Crippen LogP contribution >= 0.6 is 23.4 Å². The van der Waals surface area contributed by atoms with Gasteiger partial charge in [0.25, 0.3) is 5.56 Å². The van der Waals surface area contributed by atoms with Crippen LogP contribution in [0.25, 0.3) is 16.6 Å². The summed E-state index contributed by atoms with van der Waals surface area (Å²) < 4.78 is 6.97. The van der Waals surface area contributed by atoms with E-state index < -0.39 is 0 Å². The number of aromatic nitrogens is 2. The summed E-state index contributed by atoms with van der Waals surface area (Å²) in [5, 5.41) is 4.34. The van der Waals surface area contributed by atoms with Gasteiger partial charge in [0.15, 0.2) is 5.16 Å². The normalized spacial score (nSPS) is 11.2. The minimum atomic E-state index is -0.198. The van der Waals surface area contributed by atoms with Gasteiger partial charge in [0.2, 0.25) is 5.91 Å². The third-order valence-electron chi connectivity index (χ3n) is 4.24. The highest BCUT2D eigenvalue weighted by Crippen LogP contribution is 2.22. The molecule has 0 saturated heterocycles. The molecule has 6 nitrogen and oxygen atoms in total. The quantitative estimate of drug-likeness (QED) is 0.305. The van der Waals surface area contributed by atoms with Crippen LogP contribution in [0.5, 0.6) is 0 Å². The molecule has 0 unspecified atom stereocenters. The third-order valence-corrected chi connectivity index (χ3v) is 5.41. The van der Waals surface area contributed by atoms with Crippen LogP contribution in [-0.4, -0.2) is 40.5 Å². The molecule has 1 aromatic heterocycles. The van der Waals surface area contributed by atoms with Crippen molar-refractivity contribution in [3.05, 3.63) is 63.9 Å². The van der Waals surface area contributed by atoms with E-state index in [-0.39, 0.29) is 23.3 Å². The van der Waals surface area contributed by atoms with E-state index in [0.717, 1.165) is 6.42 Å². The Morgan fingerprint density at radius 1 is 1.23 bits per heavy atom. The lowest BCUT2D eigenvalue weighted by Gasteiger charge is -2.13. The summed E-state index contributed by atoms with van der Waals surface area (Å²) in [5.74, 6) is 0.0284. The molecule has 3 aromatic rings. The molecule has 30 heavy (non-hydrogen) atoms. The first kappa shape index (κ1) is 22.3. The monoisotopic (exact) mass is 445 g/mol. The number of amides is 1. The lowest BCUT2D eigenvalue weighted by atomic mass is 10.2. The maximum absolute atomic E-state index is 13.2. The Kier molecular flexibility index (Phi) is 7.90. The number of hydrogen-bond acceptors (Lipinski definition) is 5. The van der Waals surface area contributed by atoms with Crippen molar-refractivity contribution < 1.29 is 9.53 Å². The Labute approximate surface area is 184 Å². The number of halogens is 1. The molecule has 3 rings (SSSR count).